The summed E-state index contributed by atoms with van der Waals surface area (Å²) in [5.74, 6) is 0. The van der Waals surface area contributed by atoms with Crippen LogP contribution in [0.15, 0.2) is 78.9 Å². The molecule has 0 saturated carbocycles. The van der Waals surface area contributed by atoms with Gasteiger partial charge in [-0.1, -0.05) is 60.7 Å². The van der Waals surface area contributed by atoms with Crippen molar-refractivity contribution in [3.8, 4) is 6.07 Å². The van der Waals surface area contributed by atoms with E-state index in [2.05, 4.69) is 5.32 Å². The maximum Gasteiger partial charge on any atom is 0.293 e. The fraction of sp³-hybridized carbons (Fsp3) is 0.136. The summed E-state index contributed by atoms with van der Waals surface area (Å²) < 4.78 is 5.87. The largest absolute Gasteiger partial charge is 0.374 e. The summed E-state index contributed by atoms with van der Waals surface area (Å²) in [7, 11) is 0. The number of nitro groups is 1. The van der Waals surface area contributed by atoms with E-state index in [-0.39, 0.29) is 17.3 Å². The lowest BCUT2D eigenvalue weighted by Crippen LogP contribution is -2.18. The molecule has 0 aromatic heterocycles. The van der Waals surface area contributed by atoms with E-state index in [0.717, 1.165) is 11.1 Å². The summed E-state index contributed by atoms with van der Waals surface area (Å²) in [5, 5.41) is 23.6. The number of nitrogens with one attached hydrogen (secondary N) is 1. The first-order valence-electron chi connectivity index (χ1n) is 8.79. The second-order valence-corrected chi connectivity index (χ2v) is 6.21. The fourth-order valence-corrected chi connectivity index (χ4v) is 2.84. The van der Waals surface area contributed by atoms with Crippen LogP contribution in [0.3, 0.4) is 0 Å². The molecule has 0 aliphatic heterocycles. The van der Waals surface area contributed by atoms with Crippen molar-refractivity contribution in [2.75, 3.05) is 11.9 Å². The van der Waals surface area contributed by atoms with Crippen molar-refractivity contribution in [2.45, 2.75) is 12.6 Å². The Hall–Kier alpha value is -3.69. The van der Waals surface area contributed by atoms with Crippen LogP contribution < -0.4 is 5.32 Å². The first-order valence-corrected chi connectivity index (χ1v) is 8.79. The topological polar surface area (TPSA) is 88.2 Å². The molecule has 3 aromatic rings. The minimum Gasteiger partial charge on any atom is -0.374 e. The van der Waals surface area contributed by atoms with Crippen LogP contribution in [0.25, 0.3) is 0 Å². The van der Waals surface area contributed by atoms with Gasteiger partial charge in [0, 0.05) is 6.07 Å². The van der Waals surface area contributed by atoms with Crippen LogP contribution in [0.1, 0.15) is 22.7 Å². The molecule has 0 fully saturated rings. The van der Waals surface area contributed by atoms with Crippen LogP contribution in [-0.2, 0) is 11.3 Å². The third kappa shape index (κ3) is 4.93. The number of hydrogen-bond donors (Lipinski definition) is 1. The van der Waals surface area contributed by atoms with Gasteiger partial charge in [0.2, 0.25) is 0 Å². The number of nitriles is 1. The van der Waals surface area contributed by atoms with Gasteiger partial charge in [0.1, 0.15) is 5.69 Å². The summed E-state index contributed by atoms with van der Waals surface area (Å²) >= 11 is 0. The van der Waals surface area contributed by atoms with E-state index >= 15 is 0 Å². The van der Waals surface area contributed by atoms with Crippen molar-refractivity contribution in [1.29, 1.82) is 5.26 Å². The predicted molar refractivity (Wildman–Crippen MR) is 107 cm³/mol. The predicted octanol–water partition coefficient (Wildman–Crippen LogP) is 4.84. The molecule has 0 aliphatic rings. The molecular formula is C22H19N3O3. The third-order valence-electron chi connectivity index (χ3n) is 4.25. The van der Waals surface area contributed by atoms with Gasteiger partial charge in [-0.15, -0.1) is 0 Å². The van der Waals surface area contributed by atoms with Crippen LogP contribution >= 0.6 is 0 Å². The maximum absolute atomic E-state index is 11.4. The van der Waals surface area contributed by atoms with Gasteiger partial charge in [0.05, 0.1) is 35.8 Å². The van der Waals surface area contributed by atoms with E-state index in [1.165, 1.54) is 6.07 Å². The number of nitro benzene ring substituents is 1. The monoisotopic (exact) mass is 373 g/mol. The molecule has 0 saturated heterocycles. The third-order valence-corrected chi connectivity index (χ3v) is 4.25. The Labute approximate surface area is 163 Å². The van der Waals surface area contributed by atoms with Crippen molar-refractivity contribution in [3.05, 3.63) is 106 Å². The van der Waals surface area contributed by atoms with Crippen LogP contribution in [-0.4, -0.2) is 11.5 Å². The molecular weight excluding hydrogens is 354 g/mol. The van der Waals surface area contributed by atoms with Crippen LogP contribution in [0.2, 0.25) is 0 Å². The highest BCUT2D eigenvalue weighted by molar-refractivity contribution is 5.64. The summed E-state index contributed by atoms with van der Waals surface area (Å²) in [5.41, 5.74) is 2.46. The summed E-state index contributed by atoms with van der Waals surface area (Å²) in [4.78, 5) is 10.9. The van der Waals surface area contributed by atoms with Crippen molar-refractivity contribution in [1.82, 2.24) is 0 Å². The van der Waals surface area contributed by atoms with Gasteiger partial charge in [0.15, 0.2) is 0 Å². The Bertz CT molecular complexity index is 969. The second kappa shape index (κ2) is 9.31. The maximum atomic E-state index is 11.4. The lowest BCUT2D eigenvalue weighted by atomic mass is 10.1. The van der Waals surface area contributed by atoms with Crippen LogP contribution in [0, 0.1) is 21.4 Å². The van der Waals surface area contributed by atoms with Crippen molar-refractivity contribution < 1.29 is 9.66 Å². The van der Waals surface area contributed by atoms with Crippen LogP contribution in [0.4, 0.5) is 11.4 Å². The molecule has 6 nitrogen and oxygen atoms in total. The Morgan fingerprint density at radius 3 is 2.36 bits per heavy atom. The molecule has 0 heterocycles. The average Bonchev–Trinajstić information content (AvgIpc) is 2.74. The zero-order valence-electron chi connectivity index (χ0n) is 15.1. The molecule has 28 heavy (non-hydrogen) atoms. The van der Waals surface area contributed by atoms with Gasteiger partial charge in [-0.05, 0) is 23.3 Å². The van der Waals surface area contributed by atoms with Gasteiger partial charge in [-0.2, -0.15) is 5.26 Å². The number of nitrogens with zero attached hydrogens (tertiary/aromatic N) is 2. The molecule has 1 atom stereocenters. The van der Waals surface area contributed by atoms with Crippen molar-refractivity contribution >= 4 is 11.4 Å². The van der Waals surface area contributed by atoms with E-state index in [9.17, 15) is 10.1 Å². The van der Waals surface area contributed by atoms with E-state index in [1.807, 2.05) is 66.7 Å². The molecule has 3 rings (SSSR count). The first-order chi connectivity index (χ1) is 13.7. The van der Waals surface area contributed by atoms with Crippen molar-refractivity contribution in [2.24, 2.45) is 0 Å². The van der Waals surface area contributed by atoms with Gasteiger partial charge in [0.25, 0.3) is 5.69 Å². The Morgan fingerprint density at radius 1 is 1.04 bits per heavy atom. The number of benzene rings is 3. The van der Waals surface area contributed by atoms with E-state index in [0.29, 0.717) is 18.9 Å². The van der Waals surface area contributed by atoms with E-state index < -0.39 is 4.92 Å². The zero-order chi connectivity index (χ0) is 19.8. The minimum atomic E-state index is -0.490. The van der Waals surface area contributed by atoms with Crippen molar-refractivity contribution in [3.63, 3.8) is 0 Å². The molecule has 0 aliphatic carbocycles. The summed E-state index contributed by atoms with van der Waals surface area (Å²) in [6, 6.07) is 25.5. The number of hydrogen-bond acceptors (Lipinski definition) is 5. The quantitative estimate of drug-likeness (QED) is 0.451. The fourth-order valence-electron chi connectivity index (χ4n) is 2.84. The Balaban J connectivity index is 1.80. The molecule has 3 aromatic carbocycles. The van der Waals surface area contributed by atoms with Gasteiger partial charge < -0.3 is 10.1 Å². The molecule has 1 N–H and O–H groups in total. The molecule has 140 valence electrons. The SMILES string of the molecule is N#Cc1ccc(N[C@H](COCc2ccccc2)c2ccccc2)c([N+](=O)[O-])c1. The molecule has 0 unspecified atom stereocenters. The summed E-state index contributed by atoms with van der Waals surface area (Å²) in [6.45, 7) is 0.775. The molecule has 6 heteroatoms. The van der Waals surface area contributed by atoms with Crippen LogP contribution in [0.5, 0.6) is 0 Å². The Morgan fingerprint density at radius 2 is 1.71 bits per heavy atom. The highest BCUT2D eigenvalue weighted by Crippen LogP contribution is 2.29. The minimum absolute atomic E-state index is 0.136. The lowest BCUT2D eigenvalue weighted by molar-refractivity contribution is -0.384. The Kier molecular flexibility index (Phi) is 6.34. The number of anilines is 1. The summed E-state index contributed by atoms with van der Waals surface area (Å²) in [6.07, 6.45) is 0. The molecule has 0 spiro atoms. The second-order valence-electron chi connectivity index (χ2n) is 6.21. The molecule has 0 radical (unpaired) electrons. The standard InChI is InChI=1S/C22H19N3O3/c23-14-18-11-12-20(22(13-18)25(26)27)24-21(19-9-5-2-6-10-19)16-28-15-17-7-3-1-4-8-17/h1-13,21,24H,15-16H2/t21-/m1/s1. The lowest BCUT2D eigenvalue weighted by Gasteiger charge is -2.20. The highest BCUT2D eigenvalue weighted by Gasteiger charge is 2.19. The van der Waals surface area contributed by atoms with Gasteiger partial charge >= 0.3 is 0 Å². The first kappa shape index (κ1) is 19.1. The zero-order valence-corrected chi connectivity index (χ0v) is 15.1. The van der Waals surface area contributed by atoms with Gasteiger partial charge in [-0.25, -0.2) is 0 Å². The molecule has 0 amide bonds. The average molecular weight is 373 g/mol. The highest BCUT2D eigenvalue weighted by atomic mass is 16.6. The smallest absolute Gasteiger partial charge is 0.293 e. The number of rotatable bonds is 8. The normalized spacial score (nSPS) is 11.4. The number of ether oxygens (including phenoxy) is 1. The van der Waals surface area contributed by atoms with E-state index in [1.54, 1.807) is 12.1 Å². The van der Waals surface area contributed by atoms with Gasteiger partial charge in [-0.3, -0.25) is 10.1 Å². The van der Waals surface area contributed by atoms with E-state index in [4.69, 9.17) is 10.00 Å². The molecule has 0 bridgehead atoms.